The second kappa shape index (κ2) is 7.64. The highest BCUT2D eigenvalue weighted by molar-refractivity contribution is 8.18. The molecule has 0 aliphatic carbocycles. The molecule has 1 fully saturated rings. The maximum absolute atomic E-state index is 12.6. The number of thioether (sulfide) groups is 1. The lowest BCUT2D eigenvalue weighted by molar-refractivity contribution is -0.123. The first-order valence-electron chi connectivity index (χ1n) is 7.52. The first kappa shape index (κ1) is 19.3. The van der Waals surface area contributed by atoms with Gasteiger partial charge in [-0.15, -0.1) is 0 Å². The van der Waals surface area contributed by atoms with E-state index in [1.807, 2.05) is 0 Å². The van der Waals surface area contributed by atoms with Gasteiger partial charge in [-0.05, 0) is 53.2 Å². The van der Waals surface area contributed by atoms with E-state index in [-0.39, 0.29) is 22.8 Å². The number of nitrogens with zero attached hydrogens (tertiary/aromatic N) is 1. The van der Waals surface area contributed by atoms with Gasteiger partial charge in [0.25, 0.3) is 11.1 Å². The van der Waals surface area contributed by atoms with Gasteiger partial charge in [0, 0.05) is 0 Å². The zero-order chi connectivity index (χ0) is 19.7. The number of carbonyl (C=O) groups is 3. The fraction of sp³-hybridized carbons (Fsp3) is 0.0556. The predicted molar refractivity (Wildman–Crippen MR) is 103 cm³/mol. The number of rotatable bonds is 4. The van der Waals surface area contributed by atoms with Gasteiger partial charge in [0.15, 0.2) is 0 Å². The minimum atomic E-state index is -1.30. The standard InChI is InChI=1S/C18H11Cl2NO5S/c19-12-3-1-10(6-13(12)20)8-21-16(23)15(27-18(21)26)7-9-2-4-14(22)11(5-9)17(24)25/h1-7,22H,8H2,(H,24,25). The van der Waals surface area contributed by atoms with Crippen LogP contribution in [0.1, 0.15) is 21.5 Å². The van der Waals surface area contributed by atoms with Crippen molar-refractivity contribution in [1.82, 2.24) is 4.90 Å². The molecule has 0 bridgehead atoms. The fourth-order valence-electron chi connectivity index (χ4n) is 2.42. The summed E-state index contributed by atoms with van der Waals surface area (Å²) in [6.07, 6.45) is 1.41. The summed E-state index contributed by atoms with van der Waals surface area (Å²) in [6, 6.07) is 8.72. The summed E-state index contributed by atoms with van der Waals surface area (Å²) in [6.45, 7) is 0.0366. The molecule has 0 unspecified atom stereocenters. The van der Waals surface area contributed by atoms with Crippen molar-refractivity contribution < 1.29 is 24.6 Å². The molecule has 1 aliphatic heterocycles. The van der Waals surface area contributed by atoms with Gasteiger partial charge < -0.3 is 10.2 Å². The second-order valence-electron chi connectivity index (χ2n) is 5.60. The molecule has 1 saturated heterocycles. The van der Waals surface area contributed by atoms with Gasteiger partial charge in [-0.2, -0.15) is 0 Å². The van der Waals surface area contributed by atoms with E-state index in [9.17, 15) is 19.5 Å². The number of benzene rings is 2. The second-order valence-corrected chi connectivity index (χ2v) is 7.41. The van der Waals surface area contributed by atoms with E-state index in [0.29, 0.717) is 21.2 Å². The number of aromatic hydroxyl groups is 1. The van der Waals surface area contributed by atoms with Crippen LogP contribution < -0.4 is 0 Å². The minimum Gasteiger partial charge on any atom is -0.507 e. The Bertz CT molecular complexity index is 1010. The first-order valence-corrected chi connectivity index (χ1v) is 9.09. The fourth-order valence-corrected chi connectivity index (χ4v) is 3.58. The molecule has 3 rings (SSSR count). The number of aromatic carboxylic acids is 1. The van der Waals surface area contributed by atoms with Crippen molar-refractivity contribution in [2.45, 2.75) is 6.54 Å². The molecule has 0 atom stereocenters. The predicted octanol–water partition coefficient (Wildman–Crippen LogP) is 4.63. The van der Waals surface area contributed by atoms with Crippen molar-refractivity contribution >= 4 is 58.2 Å². The third-order valence-corrected chi connectivity index (χ3v) is 5.39. The van der Waals surface area contributed by atoms with Crippen LogP contribution in [0, 0.1) is 0 Å². The van der Waals surface area contributed by atoms with Gasteiger partial charge in [-0.25, -0.2) is 4.79 Å². The van der Waals surface area contributed by atoms with Crippen LogP contribution in [0.15, 0.2) is 41.3 Å². The summed E-state index contributed by atoms with van der Waals surface area (Å²) in [4.78, 5) is 37.1. The van der Waals surface area contributed by atoms with Crippen LogP contribution in [0.2, 0.25) is 10.0 Å². The van der Waals surface area contributed by atoms with Crippen molar-refractivity contribution in [3.8, 4) is 5.75 Å². The third kappa shape index (κ3) is 4.10. The topological polar surface area (TPSA) is 94.9 Å². The average Bonchev–Trinajstić information content (AvgIpc) is 2.87. The molecule has 138 valence electrons. The maximum atomic E-state index is 12.6. The normalized spacial score (nSPS) is 15.6. The number of carboxylic acid groups (broad SMARTS) is 1. The molecule has 2 N–H and O–H groups in total. The number of carbonyl (C=O) groups excluding carboxylic acids is 2. The molecule has 0 radical (unpaired) electrons. The number of carboxylic acids is 1. The Labute approximate surface area is 168 Å². The van der Waals surface area contributed by atoms with Crippen molar-refractivity contribution in [2.24, 2.45) is 0 Å². The SMILES string of the molecule is O=C(O)c1cc(C=C2SC(=O)N(Cc3ccc(Cl)c(Cl)c3)C2=O)ccc1O. The molecule has 2 amide bonds. The summed E-state index contributed by atoms with van der Waals surface area (Å²) in [5.41, 5.74) is 0.731. The van der Waals surface area contributed by atoms with Crippen LogP contribution >= 0.6 is 35.0 Å². The van der Waals surface area contributed by atoms with Crippen LogP contribution in [-0.2, 0) is 11.3 Å². The molecule has 27 heavy (non-hydrogen) atoms. The van der Waals surface area contributed by atoms with E-state index < -0.39 is 17.1 Å². The third-order valence-electron chi connectivity index (χ3n) is 3.75. The smallest absolute Gasteiger partial charge is 0.339 e. The lowest BCUT2D eigenvalue weighted by Crippen LogP contribution is -2.27. The Morgan fingerprint density at radius 2 is 1.85 bits per heavy atom. The van der Waals surface area contributed by atoms with Crippen molar-refractivity contribution in [3.63, 3.8) is 0 Å². The van der Waals surface area contributed by atoms with Gasteiger partial charge in [0.05, 0.1) is 21.5 Å². The summed E-state index contributed by atoms with van der Waals surface area (Å²) in [5.74, 6) is -2.18. The van der Waals surface area contributed by atoms with Gasteiger partial charge in [0.1, 0.15) is 11.3 Å². The zero-order valence-corrected chi connectivity index (χ0v) is 15.8. The molecule has 0 aromatic heterocycles. The number of imide groups is 1. The van der Waals surface area contributed by atoms with Gasteiger partial charge in [0.2, 0.25) is 0 Å². The van der Waals surface area contributed by atoms with Crippen molar-refractivity contribution in [2.75, 3.05) is 0 Å². The molecular weight excluding hydrogens is 413 g/mol. The van der Waals surface area contributed by atoms with Crippen LogP contribution in [0.3, 0.4) is 0 Å². The Morgan fingerprint density at radius 1 is 1.11 bits per heavy atom. The first-order chi connectivity index (χ1) is 12.8. The number of phenols is 1. The van der Waals surface area contributed by atoms with Crippen molar-refractivity contribution in [1.29, 1.82) is 0 Å². The Hall–Kier alpha value is -2.48. The van der Waals surface area contributed by atoms with Gasteiger partial charge >= 0.3 is 5.97 Å². The maximum Gasteiger partial charge on any atom is 0.339 e. The molecule has 6 nitrogen and oxygen atoms in total. The largest absolute Gasteiger partial charge is 0.507 e. The molecule has 0 spiro atoms. The Kier molecular flexibility index (Phi) is 5.46. The summed E-state index contributed by atoms with van der Waals surface area (Å²) >= 11 is 12.6. The number of hydrogen-bond acceptors (Lipinski definition) is 5. The average molecular weight is 424 g/mol. The monoisotopic (exact) mass is 423 g/mol. The number of halogens is 2. The Balaban J connectivity index is 1.85. The quantitative estimate of drug-likeness (QED) is 0.695. The van der Waals surface area contributed by atoms with Crippen LogP contribution in [0.4, 0.5) is 4.79 Å². The summed E-state index contributed by atoms with van der Waals surface area (Å²) in [5, 5.41) is 18.9. The van der Waals surface area contributed by atoms with Crippen LogP contribution in [0.25, 0.3) is 6.08 Å². The van der Waals surface area contributed by atoms with E-state index in [1.165, 1.54) is 24.3 Å². The molecule has 2 aromatic carbocycles. The van der Waals surface area contributed by atoms with Crippen LogP contribution in [0.5, 0.6) is 5.75 Å². The Morgan fingerprint density at radius 3 is 2.52 bits per heavy atom. The minimum absolute atomic E-state index is 0.0366. The van der Waals surface area contributed by atoms with Crippen molar-refractivity contribution in [3.05, 3.63) is 68.0 Å². The lowest BCUT2D eigenvalue weighted by atomic mass is 10.1. The number of hydrogen-bond donors (Lipinski definition) is 2. The lowest BCUT2D eigenvalue weighted by Gasteiger charge is -2.12. The van der Waals surface area contributed by atoms with Gasteiger partial charge in [-0.1, -0.05) is 35.3 Å². The molecule has 1 heterocycles. The summed E-state index contributed by atoms with van der Waals surface area (Å²) < 4.78 is 0. The van der Waals surface area contributed by atoms with Gasteiger partial charge in [-0.3, -0.25) is 14.5 Å². The molecule has 1 aliphatic rings. The molecule has 2 aromatic rings. The summed E-state index contributed by atoms with van der Waals surface area (Å²) in [7, 11) is 0. The van der Waals surface area contributed by atoms with E-state index in [0.717, 1.165) is 16.7 Å². The zero-order valence-electron chi connectivity index (χ0n) is 13.5. The highest BCUT2D eigenvalue weighted by Gasteiger charge is 2.35. The van der Waals surface area contributed by atoms with E-state index in [1.54, 1.807) is 18.2 Å². The highest BCUT2D eigenvalue weighted by atomic mass is 35.5. The van der Waals surface area contributed by atoms with E-state index in [4.69, 9.17) is 28.3 Å². The molecular formula is C18H11Cl2NO5S. The molecule has 9 heteroatoms. The highest BCUT2D eigenvalue weighted by Crippen LogP contribution is 2.34. The van der Waals surface area contributed by atoms with E-state index >= 15 is 0 Å². The molecule has 0 saturated carbocycles. The number of amides is 2. The van der Waals surface area contributed by atoms with E-state index in [2.05, 4.69) is 0 Å². The van der Waals surface area contributed by atoms with Crippen LogP contribution in [-0.4, -0.2) is 32.2 Å².